The van der Waals surface area contributed by atoms with Crippen molar-refractivity contribution in [1.29, 1.82) is 0 Å². The number of hydrogen-bond donors (Lipinski definition) is 1. The van der Waals surface area contributed by atoms with E-state index >= 15 is 0 Å². The van der Waals surface area contributed by atoms with Gasteiger partial charge < -0.3 is 19.2 Å². The molecule has 216 valence electrons. The number of nitrogens with one attached hydrogen (secondary N) is 1. The van der Waals surface area contributed by atoms with Gasteiger partial charge in [-0.1, -0.05) is 41.3 Å². The topological polar surface area (TPSA) is 96.5 Å². The average Bonchev–Trinajstić information content (AvgIpc) is 3.45. The van der Waals surface area contributed by atoms with Crippen LogP contribution in [0, 0.1) is 20.8 Å². The molecule has 0 spiro atoms. The second kappa shape index (κ2) is 13.3. The number of fused-ring (bicyclic) bond motifs is 1. The Bertz CT molecular complexity index is 1620. The molecule has 1 aliphatic carbocycles. The summed E-state index contributed by atoms with van der Waals surface area (Å²) in [6.45, 7) is 9.06. The van der Waals surface area contributed by atoms with Crippen molar-refractivity contribution in [3.05, 3.63) is 99.6 Å². The molecular weight excluding hydrogens is 532 g/mol. The van der Waals surface area contributed by atoms with Gasteiger partial charge >= 0.3 is 5.97 Å². The minimum atomic E-state index is -0.629. The zero-order valence-electron chi connectivity index (χ0n) is 24.1. The molecule has 0 saturated carbocycles. The number of aryl methyl sites for hydroxylation is 3. The molecule has 1 saturated heterocycles. The van der Waals surface area contributed by atoms with Gasteiger partial charge in [0.25, 0.3) is 5.91 Å². The molecule has 9 nitrogen and oxygen atoms in total. The second-order valence-electron chi connectivity index (χ2n) is 10.4. The summed E-state index contributed by atoms with van der Waals surface area (Å²) in [6, 6.07) is 11.8. The lowest BCUT2D eigenvalue weighted by Gasteiger charge is -2.26. The molecule has 0 atom stereocenters. The summed E-state index contributed by atoms with van der Waals surface area (Å²) in [5, 5.41) is 6.51. The number of H-pyrrole nitrogens is 1. The van der Waals surface area contributed by atoms with Crippen molar-refractivity contribution in [3.8, 4) is 5.75 Å². The summed E-state index contributed by atoms with van der Waals surface area (Å²) in [4.78, 5) is 31.5. The van der Waals surface area contributed by atoms with Crippen molar-refractivity contribution in [1.82, 2.24) is 14.9 Å². The van der Waals surface area contributed by atoms with Crippen LogP contribution in [0.3, 0.4) is 0 Å². The van der Waals surface area contributed by atoms with E-state index in [-0.39, 0.29) is 12.2 Å². The summed E-state index contributed by atoms with van der Waals surface area (Å²) in [7, 11) is 0. The number of carbonyl (C=O) groups excluding carboxylic acids is 2. The molecule has 1 amide bonds. The van der Waals surface area contributed by atoms with E-state index in [9.17, 15) is 9.59 Å². The van der Waals surface area contributed by atoms with Crippen LogP contribution in [-0.4, -0.2) is 79.2 Å². The highest BCUT2D eigenvalue weighted by molar-refractivity contribution is 5.92. The van der Waals surface area contributed by atoms with Crippen molar-refractivity contribution in [2.45, 2.75) is 20.8 Å². The molecule has 1 aromatic heterocycles. The smallest absolute Gasteiger partial charge is 0.348 e. The van der Waals surface area contributed by atoms with E-state index in [1.165, 1.54) is 0 Å². The highest BCUT2D eigenvalue weighted by Crippen LogP contribution is 2.24. The minimum Gasteiger partial charge on any atom is -0.483 e. The van der Waals surface area contributed by atoms with Crippen LogP contribution in [-0.2, 0) is 19.1 Å². The molecule has 1 fully saturated rings. The Morgan fingerprint density at radius 1 is 1.07 bits per heavy atom. The molecule has 9 heteroatoms. The molecule has 2 heterocycles. The van der Waals surface area contributed by atoms with Gasteiger partial charge in [-0.25, -0.2) is 4.79 Å². The maximum Gasteiger partial charge on any atom is 0.348 e. The monoisotopic (exact) mass is 566 g/mol. The van der Waals surface area contributed by atoms with Crippen molar-refractivity contribution in [3.63, 3.8) is 0 Å². The number of ether oxygens (including phenoxy) is 3. The Hall–Kier alpha value is -4.65. The van der Waals surface area contributed by atoms with Crippen LogP contribution in [0.15, 0.2) is 82.5 Å². The van der Waals surface area contributed by atoms with Gasteiger partial charge in [-0.2, -0.15) is 10.1 Å². The zero-order valence-corrected chi connectivity index (χ0v) is 24.1. The summed E-state index contributed by atoms with van der Waals surface area (Å²) in [6.07, 6.45) is 6.90. The molecule has 42 heavy (non-hydrogen) atoms. The van der Waals surface area contributed by atoms with Gasteiger partial charge in [-0.05, 0) is 67.1 Å². The number of hydrogen-bond acceptors (Lipinski definition) is 7. The van der Waals surface area contributed by atoms with E-state index in [2.05, 4.69) is 26.4 Å². The minimum absolute atomic E-state index is 0.219. The molecule has 2 aliphatic rings. The van der Waals surface area contributed by atoms with Crippen LogP contribution >= 0.6 is 0 Å². The fraction of sp³-hybridized carbons (Fsp3) is 0.303. The lowest BCUT2D eigenvalue weighted by Crippen LogP contribution is -2.37. The summed E-state index contributed by atoms with van der Waals surface area (Å²) >= 11 is 0. The number of hydrazone groups is 1. The number of morpholine rings is 1. The third-order valence-corrected chi connectivity index (χ3v) is 7.00. The Morgan fingerprint density at radius 2 is 1.86 bits per heavy atom. The van der Waals surface area contributed by atoms with Crippen molar-refractivity contribution in [2.75, 3.05) is 46.2 Å². The van der Waals surface area contributed by atoms with Gasteiger partial charge in [-0.15, -0.1) is 0 Å². The Morgan fingerprint density at radius 3 is 2.60 bits per heavy atom. The highest BCUT2D eigenvalue weighted by Gasteiger charge is 2.19. The number of aromatic amines is 1. The van der Waals surface area contributed by atoms with Crippen LogP contribution in [0.25, 0.3) is 10.9 Å². The number of carbonyl (C=O) groups is 2. The predicted octanol–water partition coefficient (Wildman–Crippen LogP) is 4.34. The standard InChI is InChI=1S/C33H34N4O5/c1-23-16-24(2)32(25(3)17-23)41-21-31(38)37(35-19-27-6-7-28-10-11-34-30(28)18-27)22-42-33(39)29-8-4-26(5-9-29)20-36-12-14-40-15-13-36/h4,6-8,10-11,16-19,34H,12-15,20-22H2,1-3H3. The van der Waals surface area contributed by atoms with Gasteiger partial charge in [0.1, 0.15) is 11.3 Å². The van der Waals surface area contributed by atoms with Crippen LogP contribution in [0.1, 0.15) is 22.3 Å². The normalized spacial score (nSPS) is 15.1. The highest BCUT2D eigenvalue weighted by atomic mass is 16.5. The first-order chi connectivity index (χ1) is 20.4. The lowest BCUT2D eigenvalue weighted by molar-refractivity contribution is -0.150. The molecule has 3 aromatic rings. The first-order valence-corrected chi connectivity index (χ1v) is 13.9. The van der Waals surface area contributed by atoms with Gasteiger partial charge in [0, 0.05) is 36.9 Å². The molecule has 0 bridgehead atoms. The quantitative estimate of drug-likeness (QED) is 0.129. The maximum absolute atomic E-state index is 13.2. The SMILES string of the molecule is Cc1cc(C)c(OCC(=O)N(COC(=O)C2=C=C=C(CN3CCOCC3)C=C2)N=Cc2ccc3cc[nH]c3c2)c(C)c1. The third kappa shape index (κ3) is 7.35. The van der Waals surface area contributed by atoms with E-state index in [0.29, 0.717) is 25.5 Å². The number of benzene rings is 2. The largest absolute Gasteiger partial charge is 0.483 e. The maximum atomic E-state index is 13.2. The summed E-state index contributed by atoms with van der Waals surface area (Å²) in [5.74, 6) is -0.443. The fourth-order valence-electron chi connectivity index (χ4n) is 4.88. The van der Waals surface area contributed by atoms with Crippen LogP contribution in [0.4, 0.5) is 0 Å². The Labute approximate surface area is 245 Å². The average molecular weight is 567 g/mol. The van der Waals surface area contributed by atoms with Gasteiger partial charge in [-0.3, -0.25) is 9.69 Å². The predicted molar refractivity (Wildman–Crippen MR) is 160 cm³/mol. The molecule has 0 radical (unpaired) electrons. The van der Waals surface area contributed by atoms with Crippen LogP contribution < -0.4 is 4.74 Å². The van der Waals surface area contributed by atoms with Gasteiger partial charge in [0.15, 0.2) is 13.3 Å². The third-order valence-electron chi connectivity index (χ3n) is 7.00. The first-order valence-electron chi connectivity index (χ1n) is 13.9. The number of nitrogens with zero attached hydrogens (tertiary/aromatic N) is 3. The first kappa shape index (κ1) is 28.9. The fourth-order valence-corrected chi connectivity index (χ4v) is 4.88. The number of rotatable bonds is 10. The van der Waals surface area contributed by atoms with Crippen molar-refractivity contribution < 1.29 is 23.8 Å². The van der Waals surface area contributed by atoms with Crippen molar-refractivity contribution in [2.24, 2.45) is 5.10 Å². The van der Waals surface area contributed by atoms with Gasteiger partial charge in [0.2, 0.25) is 0 Å². The summed E-state index contributed by atoms with van der Waals surface area (Å²) < 4.78 is 16.8. The second-order valence-corrected chi connectivity index (χ2v) is 10.4. The molecule has 5 rings (SSSR count). The zero-order chi connectivity index (χ0) is 29.5. The number of esters is 1. The lowest BCUT2D eigenvalue weighted by atomic mass is 10.1. The van der Waals surface area contributed by atoms with Crippen molar-refractivity contribution >= 4 is 29.0 Å². The summed E-state index contributed by atoms with van der Waals surface area (Å²) in [5.41, 5.74) is 11.8. The van der Waals surface area contributed by atoms with Gasteiger partial charge in [0.05, 0.1) is 19.4 Å². The number of amides is 1. The van der Waals surface area contributed by atoms with E-state index in [1.807, 2.05) is 69.4 Å². The number of aromatic nitrogens is 1. The molecular formula is C33H34N4O5. The molecule has 1 aliphatic heterocycles. The van der Waals surface area contributed by atoms with Crippen LogP contribution in [0.5, 0.6) is 5.75 Å². The molecule has 0 unspecified atom stereocenters. The molecule has 1 N–H and O–H groups in total. The van der Waals surface area contributed by atoms with E-state index < -0.39 is 18.6 Å². The van der Waals surface area contributed by atoms with E-state index in [4.69, 9.17) is 14.2 Å². The Balaban J connectivity index is 1.28. The Kier molecular flexibility index (Phi) is 9.17. The van der Waals surface area contributed by atoms with Crippen LogP contribution in [0.2, 0.25) is 0 Å². The van der Waals surface area contributed by atoms with E-state index in [1.54, 1.807) is 12.3 Å². The van der Waals surface area contributed by atoms with E-state index in [0.717, 1.165) is 56.8 Å². The molecule has 2 aromatic carbocycles.